The molecule has 0 radical (unpaired) electrons. The zero-order valence-corrected chi connectivity index (χ0v) is 26.5. The third-order valence-electron chi connectivity index (χ3n) is 6.77. The summed E-state index contributed by atoms with van der Waals surface area (Å²) < 4.78 is 41.1. The number of aromatic nitrogens is 1. The molecule has 3 aromatic carbocycles. The number of methoxy groups -OCH3 is 2. The van der Waals surface area contributed by atoms with Crippen LogP contribution in [0.2, 0.25) is 10.0 Å². The smallest absolute Gasteiger partial charge is 0.255 e. The molecular formula is C31H32Cl2N4O5S. The minimum absolute atomic E-state index is 0.0249. The van der Waals surface area contributed by atoms with Gasteiger partial charge in [-0.1, -0.05) is 53.5 Å². The SMILES string of the molecule is COc1ccc(S(=O)(=O)N(CCc2ccccc2)CC(=O)N/N=C/c2cc(C)n(-c3cc(Cl)cc(Cl)c3)c2C)cc1OC. The molecule has 4 aromatic rings. The highest BCUT2D eigenvalue weighted by atomic mass is 35.5. The molecule has 43 heavy (non-hydrogen) atoms. The molecule has 0 atom stereocenters. The van der Waals surface area contributed by atoms with E-state index in [-0.39, 0.29) is 17.2 Å². The van der Waals surface area contributed by atoms with E-state index in [2.05, 4.69) is 10.5 Å². The maximum absolute atomic E-state index is 13.7. The first kappa shape index (κ1) is 32.1. The van der Waals surface area contributed by atoms with Crippen molar-refractivity contribution in [3.8, 4) is 17.2 Å². The second kappa shape index (κ2) is 14.1. The van der Waals surface area contributed by atoms with E-state index in [1.807, 2.05) is 54.8 Å². The number of sulfonamides is 1. The lowest BCUT2D eigenvalue weighted by Gasteiger charge is -2.22. The average molecular weight is 644 g/mol. The van der Waals surface area contributed by atoms with Gasteiger partial charge in [-0.25, -0.2) is 13.8 Å². The molecule has 0 aliphatic rings. The van der Waals surface area contributed by atoms with Crippen LogP contribution in [0.1, 0.15) is 22.5 Å². The monoisotopic (exact) mass is 642 g/mol. The number of amides is 1. The van der Waals surface area contributed by atoms with E-state index in [1.165, 1.54) is 38.6 Å². The Morgan fingerprint density at radius 3 is 2.28 bits per heavy atom. The third kappa shape index (κ3) is 7.77. The average Bonchev–Trinajstić information content (AvgIpc) is 3.26. The molecule has 4 rings (SSSR count). The first-order chi connectivity index (χ1) is 20.5. The summed E-state index contributed by atoms with van der Waals surface area (Å²) in [6.45, 7) is 3.47. The summed E-state index contributed by atoms with van der Waals surface area (Å²) in [6, 6.07) is 20.9. The van der Waals surface area contributed by atoms with Crippen LogP contribution < -0.4 is 14.9 Å². The van der Waals surface area contributed by atoms with Crippen LogP contribution in [0.3, 0.4) is 0 Å². The van der Waals surface area contributed by atoms with Gasteiger partial charge in [0.15, 0.2) is 11.5 Å². The second-order valence-electron chi connectivity index (χ2n) is 9.67. The predicted molar refractivity (Wildman–Crippen MR) is 169 cm³/mol. The van der Waals surface area contributed by atoms with E-state index in [1.54, 1.807) is 18.2 Å². The Balaban J connectivity index is 1.53. The van der Waals surface area contributed by atoms with E-state index in [0.29, 0.717) is 22.2 Å². The molecule has 0 unspecified atom stereocenters. The van der Waals surface area contributed by atoms with Gasteiger partial charge in [-0.15, -0.1) is 0 Å². The highest BCUT2D eigenvalue weighted by Crippen LogP contribution is 2.31. The Hall–Kier alpha value is -3.83. The Labute approximate surface area is 261 Å². The fourth-order valence-electron chi connectivity index (χ4n) is 4.66. The number of hydrogen-bond donors (Lipinski definition) is 1. The number of nitrogens with one attached hydrogen (secondary N) is 1. The van der Waals surface area contributed by atoms with Crippen molar-refractivity contribution in [2.24, 2.45) is 5.10 Å². The van der Waals surface area contributed by atoms with Crippen LogP contribution in [0.15, 0.2) is 82.8 Å². The van der Waals surface area contributed by atoms with E-state index >= 15 is 0 Å². The molecular weight excluding hydrogens is 611 g/mol. The molecule has 0 aliphatic heterocycles. The summed E-state index contributed by atoms with van der Waals surface area (Å²) in [7, 11) is -1.20. The van der Waals surface area contributed by atoms with Crippen LogP contribution in [-0.2, 0) is 21.2 Å². The number of halogens is 2. The van der Waals surface area contributed by atoms with Crippen molar-refractivity contribution in [1.82, 2.24) is 14.3 Å². The van der Waals surface area contributed by atoms with Crippen LogP contribution in [-0.4, -0.2) is 56.7 Å². The Morgan fingerprint density at radius 2 is 1.63 bits per heavy atom. The van der Waals surface area contributed by atoms with Crippen molar-refractivity contribution < 1.29 is 22.7 Å². The Morgan fingerprint density at radius 1 is 0.953 bits per heavy atom. The zero-order valence-electron chi connectivity index (χ0n) is 24.2. The fraction of sp³-hybridized carbons (Fsp3) is 0.226. The number of aryl methyl sites for hydroxylation is 1. The van der Waals surface area contributed by atoms with Crippen molar-refractivity contribution in [2.75, 3.05) is 27.3 Å². The molecule has 1 N–H and O–H groups in total. The predicted octanol–water partition coefficient (Wildman–Crippen LogP) is 5.80. The molecule has 12 heteroatoms. The molecule has 0 saturated heterocycles. The maximum atomic E-state index is 13.7. The van der Waals surface area contributed by atoms with Crippen molar-refractivity contribution in [1.29, 1.82) is 0 Å². The number of carbonyl (C=O) groups excluding carboxylic acids is 1. The van der Waals surface area contributed by atoms with Crippen LogP contribution in [0.5, 0.6) is 11.5 Å². The summed E-state index contributed by atoms with van der Waals surface area (Å²) in [5.74, 6) is 0.0595. The number of carbonyl (C=O) groups is 1. The summed E-state index contributed by atoms with van der Waals surface area (Å²) in [5.41, 5.74) is 6.72. The fourth-order valence-corrected chi connectivity index (χ4v) is 6.59. The highest BCUT2D eigenvalue weighted by Gasteiger charge is 2.28. The molecule has 0 spiro atoms. The molecule has 0 aliphatic carbocycles. The van der Waals surface area contributed by atoms with Gasteiger partial charge in [0, 0.05) is 45.3 Å². The number of ether oxygens (including phenoxy) is 2. The van der Waals surface area contributed by atoms with Crippen LogP contribution >= 0.6 is 23.2 Å². The van der Waals surface area contributed by atoms with Crippen molar-refractivity contribution in [3.05, 3.63) is 105 Å². The molecule has 1 aromatic heterocycles. The molecule has 0 fully saturated rings. The summed E-state index contributed by atoms with van der Waals surface area (Å²) in [4.78, 5) is 13.0. The summed E-state index contributed by atoms with van der Waals surface area (Å²) in [5, 5.41) is 5.14. The van der Waals surface area contributed by atoms with Gasteiger partial charge in [-0.05, 0) is 62.2 Å². The van der Waals surface area contributed by atoms with Gasteiger partial charge in [0.1, 0.15) is 0 Å². The minimum Gasteiger partial charge on any atom is -0.493 e. The highest BCUT2D eigenvalue weighted by molar-refractivity contribution is 7.89. The number of nitrogens with zero attached hydrogens (tertiary/aromatic N) is 3. The normalized spacial score (nSPS) is 11.7. The van der Waals surface area contributed by atoms with Gasteiger partial charge in [0.25, 0.3) is 5.91 Å². The summed E-state index contributed by atoms with van der Waals surface area (Å²) in [6.07, 6.45) is 1.92. The second-order valence-corrected chi connectivity index (χ2v) is 12.5. The minimum atomic E-state index is -4.09. The molecule has 226 valence electrons. The van der Waals surface area contributed by atoms with Gasteiger partial charge >= 0.3 is 0 Å². The number of hydrogen-bond acceptors (Lipinski definition) is 6. The lowest BCUT2D eigenvalue weighted by Crippen LogP contribution is -2.40. The standard InChI is InChI=1S/C31H32Cl2N4O5S/c1-21-14-24(22(2)37(21)27-16-25(32)15-26(33)17-27)19-34-35-31(38)20-36(13-12-23-8-6-5-7-9-23)43(39,40)28-10-11-29(41-3)30(18-28)42-4/h5-11,14-19H,12-13,20H2,1-4H3,(H,35,38)/b34-19+. The lowest BCUT2D eigenvalue weighted by atomic mass is 10.1. The van der Waals surface area contributed by atoms with Crippen LogP contribution in [0.25, 0.3) is 5.69 Å². The van der Waals surface area contributed by atoms with Crippen molar-refractivity contribution in [3.63, 3.8) is 0 Å². The van der Waals surface area contributed by atoms with E-state index < -0.39 is 22.5 Å². The largest absolute Gasteiger partial charge is 0.493 e. The number of hydrazone groups is 1. The quantitative estimate of drug-likeness (QED) is 0.155. The Kier molecular flexibility index (Phi) is 10.5. The number of rotatable bonds is 12. The maximum Gasteiger partial charge on any atom is 0.255 e. The zero-order chi connectivity index (χ0) is 31.1. The molecule has 1 amide bonds. The summed E-state index contributed by atoms with van der Waals surface area (Å²) >= 11 is 12.4. The van der Waals surface area contributed by atoms with Gasteiger partial charge in [0.2, 0.25) is 10.0 Å². The molecule has 0 saturated carbocycles. The number of benzene rings is 3. The van der Waals surface area contributed by atoms with Crippen molar-refractivity contribution >= 4 is 45.3 Å². The lowest BCUT2D eigenvalue weighted by molar-refractivity contribution is -0.121. The van der Waals surface area contributed by atoms with Gasteiger partial charge < -0.3 is 14.0 Å². The van der Waals surface area contributed by atoms with E-state index in [0.717, 1.165) is 32.5 Å². The van der Waals surface area contributed by atoms with Crippen LogP contribution in [0.4, 0.5) is 0 Å². The first-order valence-corrected chi connectivity index (χ1v) is 15.5. The molecule has 1 heterocycles. The Bertz CT molecular complexity index is 1720. The third-order valence-corrected chi connectivity index (χ3v) is 9.05. The van der Waals surface area contributed by atoms with Gasteiger partial charge in [-0.3, -0.25) is 4.79 Å². The first-order valence-electron chi connectivity index (χ1n) is 13.3. The van der Waals surface area contributed by atoms with Gasteiger partial charge in [0.05, 0.1) is 31.9 Å². The topological polar surface area (TPSA) is 102 Å². The van der Waals surface area contributed by atoms with Gasteiger partial charge in [-0.2, -0.15) is 9.41 Å². The van der Waals surface area contributed by atoms with Crippen LogP contribution in [0, 0.1) is 13.8 Å². The van der Waals surface area contributed by atoms with E-state index in [9.17, 15) is 13.2 Å². The van der Waals surface area contributed by atoms with E-state index in [4.69, 9.17) is 32.7 Å². The molecule has 9 nitrogen and oxygen atoms in total. The van der Waals surface area contributed by atoms with Crippen molar-refractivity contribution in [2.45, 2.75) is 25.2 Å². The molecule has 0 bridgehead atoms.